The SMILES string of the molecule is COc1c(Br)cc(Br)cc1/C=c1/sc2n(c1=O)[C@H](c1ccc(F)cc1)C1=C(N=2)c2ccccc2CC1. The summed E-state index contributed by atoms with van der Waals surface area (Å²) in [6, 6.07) is 18.2. The summed E-state index contributed by atoms with van der Waals surface area (Å²) in [5.74, 6) is 0.342. The number of aromatic nitrogens is 1. The van der Waals surface area contributed by atoms with Gasteiger partial charge in [-0.3, -0.25) is 9.36 Å². The van der Waals surface area contributed by atoms with Crippen molar-refractivity contribution in [1.82, 2.24) is 4.57 Å². The van der Waals surface area contributed by atoms with Gasteiger partial charge in [-0.05, 0) is 75.8 Å². The number of thiazole rings is 1. The van der Waals surface area contributed by atoms with Crippen molar-refractivity contribution in [2.45, 2.75) is 18.9 Å². The second kappa shape index (κ2) is 9.25. The predicted octanol–water partition coefficient (Wildman–Crippen LogP) is 5.99. The van der Waals surface area contributed by atoms with Gasteiger partial charge < -0.3 is 4.74 Å². The average molecular weight is 626 g/mol. The summed E-state index contributed by atoms with van der Waals surface area (Å²) in [7, 11) is 1.60. The number of hydrogen-bond acceptors (Lipinski definition) is 4. The maximum Gasteiger partial charge on any atom is 0.271 e. The van der Waals surface area contributed by atoms with E-state index in [-0.39, 0.29) is 17.4 Å². The van der Waals surface area contributed by atoms with E-state index >= 15 is 0 Å². The minimum absolute atomic E-state index is 0.128. The Morgan fingerprint density at radius 2 is 1.89 bits per heavy atom. The largest absolute Gasteiger partial charge is 0.495 e. The van der Waals surface area contributed by atoms with Crippen LogP contribution in [0.5, 0.6) is 5.75 Å². The molecule has 180 valence electrons. The van der Waals surface area contributed by atoms with Crippen LogP contribution in [0.1, 0.15) is 34.7 Å². The van der Waals surface area contributed by atoms with Crippen LogP contribution in [0, 0.1) is 5.82 Å². The summed E-state index contributed by atoms with van der Waals surface area (Å²) in [5.41, 5.74) is 5.87. The van der Waals surface area contributed by atoms with Crippen LogP contribution in [0.3, 0.4) is 0 Å². The number of benzene rings is 3. The Morgan fingerprint density at radius 3 is 2.67 bits per heavy atom. The van der Waals surface area contributed by atoms with E-state index in [2.05, 4.69) is 44.0 Å². The Balaban J connectivity index is 1.63. The molecule has 8 heteroatoms. The molecule has 0 spiro atoms. The predicted molar refractivity (Wildman–Crippen MR) is 148 cm³/mol. The monoisotopic (exact) mass is 624 g/mol. The van der Waals surface area contributed by atoms with E-state index < -0.39 is 0 Å². The van der Waals surface area contributed by atoms with E-state index in [1.54, 1.807) is 23.8 Å². The van der Waals surface area contributed by atoms with Crippen LogP contribution >= 0.6 is 43.2 Å². The van der Waals surface area contributed by atoms with Gasteiger partial charge in [-0.15, -0.1) is 0 Å². The van der Waals surface area contributed by atoms with Gasteiger partial charge in [0, 0.05) is 15.6 Å². The van der Waals surface area contributed by atoms with Gasteiger partial charge in [0.15, 0.2) is 4.80 Å². The molecule has 0 fully saturated rings. The smallest absolute Gasteiger partial charge is 0.271 e. The maximum atomic E-state index is 13.9. The molecule has 6 rings (SSSR count). The van der Waals surface area contributed by atoms with Crippen molar-refractivity contribution in [3.05, 3.63) is 123 Å². The fraction of sp³-hybridized carbons (Fsp3) is 0.143. The van der Waals surface area contributed by atoms with E-state index in [4.69, 9.17) is 9.73 Å². The molecule has 0 amide bonds. The third-order valence-electron chi connectivity index (χ3n) is 6.59. The molecule has 2 heterocycles. The summed E-state index contributed by atoms with van der Waals surface area (Å²) in [6.45, 7) is 0. The first-order chi connectivity index (χ1) is 17.4. The van der Waals surface area contributed by atoms with Crippen LogP contribution in [0.2, 0.25) is 0 Å². The average Bonchev–Trinajstić information content (AvgIpc) is 3.17. The van der Waals surface area contributed by atoms with E-state index in [0.717, 1.165) is 49.7 Å². The Hall–Kier alpha value is -2.81. The quantitative estimate of drug-likeness (QED) is 0.281. The summed E-state index contributed by atoms with van der Waals surface area (Å²) in [4.78, 5) is 19.5. The van der Waals surface area contributed by atoms with Gasteiger partial charge in [0.25, 0.3) is 5.56 Å². The molecule has 0 bridgehead atoms. The number of hydrogen-bond donors (Lipinski definition) is 0. The van der Waals surface area contributed by atoms with Crippen molar-refractivity contribution < 1.29 is 9.13 Å². The highest BCUT2D eigenvalue weighted by Crippen LogP contribution is 2.41. The molecule has 2 aliphatic rings. The molecular weight excluding hydrogens is 607 g/mol. The molecule has 0 saturated carbocycles. The van der Waals surface area contributed by atoms with Crippen LogP contribution in [0.15, 0.2) is 85.0 Å². The Kier molecular flexibility index (Phi) is 6.06. The lowest BCUT2D eigenvalue weighted by molar-refractivity contribution is 0.411. The number of ether oxygens (including phenoxy) is 1. The number of aryl methyl sites for hydroxylation is 1. The molecule has 0 N–H and O–H groups in total. The second-order valence-electron chi connectivity index (χ2n) is 8.68. The van der Waals surface area contributed by atoms with Crippen LogP contribution in [0.25, 0.3) is 11.8 Å². The lowest BCUT2D eigenvalue weighted by Crippen LogP contribution is -2.38. The standard InChI is InChI=1S/C28H19Br2FN2O2S/c1-35-26-17(12-18(29)14-22(26)30)13-23-27(34)33-25(16-6-9-19(31)10-7-16)21-11-8-15-4-2-3-5-20(15)24(21)32-28(33)36-23/h2-7,9-10,12-14,25H,8,11H2,1H3/b23-13+/t25-/m1/s1. The van der Waals surface area contributed by atoms with Gasteiger partial charge >= 0.3 is 0 Å². The number of methoxy groups -OCH3 is 1. The minimum Gasteiger partial charge on any atom is -0.495 e. The number of allylic oxidation sites excluding steroid dienone is 1. The Labute approximate surface area is 227 Å². The van der Waals surface area contributed by atoms with Crippen LogP contribution in [-0.4, -0.2) is 11.7 Å². The Bertz CT molecular complexity index is 1740. The van der Waals surface area contributed by atoms with Crippen LogP contribution in [0.4, 0.5) is 4.39 Å². The summed E-state index contributed by atoms with van der Waals surface area (Å²) < 4.78 is 23.4. The van der Waals surface area contributed by atoms with Gasteiger partial charge in [0.1, 0.15) is 11.6 Å². The van der Waals surface area contributed by atoms with Gasteiger partial charge in [-0.25, -0.2) is 9.38 Å². The molecule has 1 aliphatic carbocycles. The summed E-state index contributed by atoms with van der Waals surface area (Å²) >= 11 is 8.42. The molecule has 0 radical (unpaired) electrons. The van der Waals surface area contributed by atoms with Crippen LogP contribution in [-0.2, 0) is 6.42 Å². The second-order valence-corrected chi connectivity index (χ2v) is 11.5. The lowest BCUT2D eigenvalue weighted by Gasteiger charge is -2.30. The van der Waals surface area contributed by atoms with E-state index in [1.165, 1.54) is 29.0 Å². The van der Waals surface area contributed by atoms with Crippen LogP contribution < -0.4 is 19.6 Å². The van der Waals surface area contributed by atoms with Crippen molar-refractivity contribution in [1.29, 1.82) is 0 Å². The summed E-state index contributed by atoms with van der Waals surface area (Å²) in [5, 5.41) is 0. The minimum atomic E-state index is -0.344. The molecule has 0 saturated heterocycles. The van der Waals surface area contributed by atoms with Crippen molar-refractivity contribution in [2.24, 2.45) is 4.99 Å². The molecular formula is C28H19Br2FN2O2S. The van der Waals surface area contributed by atoms with Gasteiger partial charge in [-0.2, -0.15) is 0 Å². The fourth-order valence-electron chi connectivity index (χ4n) is 5.01. The third-order valence-corrected chi connectivity index (χ3v) is 8.62. The lowest BCUT2D eigenvalue weighted by atomic mass is 9.83. The first kappa shape index (κ1) is 23.6. The molecule has 36 heavy (non-hydrogen) atoms. The first-order valence-electron chi connectivity index (χ1n) is 11.4. The zero-order valence-corrected chi connectivity index (χ0v) is 23.1. The first-order valence-corrected chi connectivity index (χ1v) is 13.8. The zero-order valence-electron chi connectivity index (χ0n) is 19.1. The van der Waals surface area contributed by atoms with E-state index in [1.807, 2.05) is 30.3 Å². The normalized spacial score (nSPS) is 16.8. The topological polar surface area (TPSA) is 43.6 Å². The van der Waals surface area contributed by atoms with Crippen molar-refractivity contribution >= 4 is 55.0 Å². The molecule has 4 nitrogen and oxygen atoms in total. The van der Waals surface area contributed by atoms with Crippen molar-refractivity contribution in [3.8, 4) is 5.75 Å². The van der Waals surface area contributed by atoms with E-state index in [0.29, 0.717) is 15.1 Å². The number of halogens is 3. The highest BCUT2D eigenvalue weighted by Gasteiger charge is 2.32. The van der Waals surface area contributed by atoms with Crippen molar-refractivity contribution in [3.63, 3.8) is 0 Å². The molecule has 1 atom stereocenters. The fourth-order valence-corrected chi connectivity index (χ4v) is 7.42. The summed E-state index contributed by atoms with van der Waals surface area (Å²) in [6.07, 6.45) is 3.50. The molecule has 0 unspecified atom stereocenters. The Morgan fingerprint density at radius 1 is 1.11 bits per heavy atom. The van der Waals surface area contributed by atoms with E-state index in [9.17, 15) is 9.18 Å². The van der Waals surface area contributed by atoms with Gasteiger partial charge in [0.2, 0.25) is 0 Å². The molecule has 3 aromatic carbocycles. The number of fused-ring (bicyclic) bond motifs is 3. The number of rotatable bonds is 3. The molecule has 4 aromatic rings. The highest BCUT2D eigenvalue weighted by molar-refractivity contribution is 9.11. The number of nitrogens with zero attached hydrogens (tertiary/aromatic N) is 2. The van der Waals surface area contributed by atoms with Gasteiger partial charge in [-0.1, -0.05) is 63.7 Å². The third kappa shape index (κ3) is 3.92. The maximum absolute atomic E-state index is 13.9. The van der Waals surface area contributed by atoms with Crippen molar-refractivity contribution in [2.75, 3.05) is 7.11 Å². The molecule has 1 aliphatic heterocycles. The highest BCUT2D eigenvalue weighted by atomic mass is 79.9. The molecule has 1 aromatic heterocycles. The van der Waals surface area contributed by atoms with Gasteiger partial charge in [0.05, 0.1) is 27.9 Å². The zero-order chi connectivity index (χ0) is 25.0.